The van der Waals surface area contributed by atoms with Crippen molar-refractivity contribution in [3.63, 3.8) is 0 Å². The lowest BCUT2D eigenvalue weighted by atomic mass is 10.8. The Hall–Kier alpha value is -0.340. The highest BCUT2D eigenvalue weighted by Crippen LogP contribution is 1.92. The quantitative estimate of drug-likeness (QED) is 0.585. The van der Waals surface area contributed by atoms with Crippen LogP contribution in [0, 0.1) is 5.41 Å². The van der Waals surface area contributed by atoms with E-state index in [1.807, 2.05) is 0 Å². The molecule has 0 aromatic heterocycles. The van der Waals surface area contributed by atoms with Crippen molar-refractivity contribution in [1.82, 2.24) is 0 Å². The van der Waals surface area contributed by atoms with Crippen LogP contribution < -0.4 is 0 Å². The minimum absolute atomic E-state index is 0.0401. The van der Waals surface area contributed by atoms with E-state index in [4.69, 9.17) is 28.6 Å². The van der Waals surface area contributed by atoms with Crippen LogP contribution in [0.5, 0.6) is 0 Å². The lowest BCUT2D eigenvalue weighted by Crippen LogP contribution is -1.94. The Morgan fingerprint density at radius 2 is 2.12 bits per heavy atom. The van der Waals surface area contributed by atoms with E-state index >= 15 is 0 Å². The van der Waals surface area contributed by atoms with Crippen LogP contribution >= 0.6 is 23.2 Å². The summed E-state index contributed by atoms with van der Waals surface area (Å²) in [5.41, 5.74) is 0. The van der Waals surface area contributed by atoms with Gasteiger partial charge in [-0.2, -0.15) is 0 Å². The van der Waals surface area contributed by atoms with Gasteiger partial charge in [-0.25, -0.2) is 4.99 Å². The summed E-state index contributed by atoms with van der Waals surface area (Å²) >= 11 is 10.3. The summed E-state index contributed by atoms with van der Waals surface area (Å²) in [6.45, 7) is 3.26. The molecule has 0 rings (SSSR count). The molecule has 8 heavy (non-hydrogen) atoms. The van der Waals surface area contributed by atoms with Crippen molar-refractivity contribution in [2.24, 2.45) is 4.99 Å². The topological polar surface area (TPSA) is 36.2 Å². The van der Waals surface area contributed by atoms with Crippen LogP contribution in [-0.2, 0) is 0 Å². The fraction of sp³-hybridized carbons (Fsp3) is 0. The molecule has 0 aromatic rings. The first-order chi connectivity index (χ1) is 3.68. The minimum atomic E-state index is -0.272. The molecule has 0 radical (unpaired) electrons. The molecule has 0 saturated heterocycles. The zero-order valence-electron chi connectivity index (χ0n) is 3.99. The van der Waals surface area contributed by atoms with Gasteiger partial charge in [0.25, 0.3) is 0 Å². The monoisotopic (exact) mass is 150 g/mol. The van der Waals surface area contributed by atoms with Crippen LogP contribution in [0.25, 0.3) is 0 Å². The number of hydrogen-bond donors (Lipinski definition) is 1. The molecule has 0 heterocycles. The first kappa shape index (κ1) is 7.66. The average Bonchev–Trinajstić information content (AvgIpc) is 1.67. The Balaban J connectivity index is 3.99. The lowest BCUT2D eigenvalue weighted by Gasteiger charge is -1.83. The van der Waals surface area contributed by atoms with Crippen molar-refractivity contribution in [3.05, 3.63) is 12.8 Å². The Labute approximate surface area is 57.3 Å². The maximum absolute atomic E-state index is 6.66. The third-order valence-corrected chi connectivity index (χ3v) is 0.948. The van der Waals surface area contributed by atoms with E-state index in [1.54, 1.807) is 0 Å². The van der Waals surface area contributed by atoms with Crippen LogP contribution in [0.2, 0.25) is 0 Å². The number of rotatable bonds is 2. The molecule has 44 valence electrons. The second-order valence-electron chi connectivity index (χ2n) is 0.916. The first-order valence-electron chi connectivity index (χ1n) is 1.77. The molecule has 0 bridgehead atoms. The molecule has 2 nitrogen and oxygen atoms in total. The molecule has 0 atom stereocenters. The van der Waals surface area contributed by atoms with Crippen LogP contribution in [0.15, 0.2) is 17.8 Å². The molecule has 0 saturated carbocycles. The summed E-state index contributed by atoms with van der Waals surface area (Å²) in [4.78, 5) is 3.41. The number of halogens is 2. The predicted octanol–water partition coefficient (Wildman–Crippen LogP) is 1.98. The highest BCUT2D eigenvalue weighted by molar-refractivity contribution is 6.99. The van der Waals surface area contributed by atoms with E-state index in [0.29, 0.717) is 0 Å². The van der Waals surface area contributed by atoms with Crippen LogP contribution in [0.3, 0.4) is 0 Å². The van der Waals surface area contributed by atoms with Gasteiger partial charge in [0.15, 0.2) is 10.3 Å². The van der Waals surface area contributed by atoms with Crippen molar-refractivity contribution < 1.29 is 0 Å². The SMILES string of the molecule is C=C/N=C(/Cl)C(=N)Cl. The van der Waals surface area contributed by atoms with Crippen LogP contribution in [0.4, 0.5) is 0 Å². The van der Waals surface area contributed by atoms with Gasteiger partial charge < -0.3 is 0 Å². The van der Waals surface area contributed by atoms with Gasteiger partial charge in [-0.3, -0.25) is 5.41 Å². The lowest BCUT2D eigenvalue weighted by molar-refractivity contribution is 1.56. The Bertz CT molecular complexity index is 139. The summed E-state index contributed by atoms with van der Waals surface area (Å²) in [5.74, 6) is 0. The Morgan fingerprint density at radius 3 is 2.25 bits per heavy atom. The molecule has 1 N–H and O–H groups in total. The van der Waals surface area contributed by atoms with Gasteiger partial charge in [-0.05, 0) is 0 Å². The van der Waals surface area contributed by atoms with Crippen molar-refractivity contribution in [2.45, 2.75) is 0 Å². The van der Waals surface area contributed by atoms with E-state index in [0.717, 1.165) is 0 Å². The molecular formula is C4H4Cl2N2. The van der Waals surface area contributed by atoms with Crippen molar-refractivity contribution in [1.29, 1.82) is 5.41 Å². The number of aliphatic imine (C=N–C) groups is 1. The average molecular weight is 151 g/mol. The largest absolute Gasteiger partial charge is 0.287 e. The first-order valence-corrected chi connectivity index (χ1v) is 2.52. The van der Waals surface area contributed by atoms with E-state index in [2.05, 4.69) is 11.6 Å². The fourth-order valence-corrected chi connectivity index (χ4v) is 0.255. The van der Waals surface area contributed by atoms with Crippen molar-refractivity contribution in [2.75, 3.05) is 0 Å². The molecule has 0 spiro atoms. The van der Waals surface area contributed by atoms with Gasteiger partial charge in [0, 0.05) is 6.20 Å². The van der Waals surface area contributed by atoms with Crippen LogP contribution in [-0.4, -0.2) is 10.3 Å². The standard InChI is InChI=1S/C4H4Cl2N2/c1-2-8-4(6)3(5)7/h2,7H,1H2/b7-3?,8-4+. The van der Waals surface area contributed by atoms with Gasteiger partial charge in [-0.1, -0.05) is 29.8 Å². The molecule has 0 aliphatic carbocycles. The summed E-state index contributed by atoms with van der Waals surface area (Å²) < 4.78 is 0. The molecule has 0 fully saturated rings. The van der Waals surface area contributed by atoms with Crippen molar-refractivity contribution in [3.8, 4) is 0 Å². The van der Waals surface area contributed by atoms with Crippen molar-refractivity contribution >= 4 is 33.5 Å². The van der Waals surface area contributed by atoms with E-state index in [-0.39, 0.29) is 10.3 Å². The minimum Gasteiger partial charge on any atom is -0.287 e. The normalized spacial score (nSPS) is 11.0. The maximum atomic E-state index is 6.66. The summed E-state index contributed by atoms with van der Waals surface area (Å²) in [6, 6.07) is 0. The third-order valence-electron chi connectivity index (χ3n) is 0.386. The molecule has 0 unspecified atom stereocenters. The summed E-state index contributed by atoms with van der Waals surface area (Å²) in [6.07, 6.45) is 1.22. The molecule has 0 aromatic carbocycles. The second-order valence-corrected chi connectivity index (χ2v) is 1.65. The van der Waals surface area contributed by atoms with E-state index in [1.165, 1.54) is 6.20 Å². The number of hydrogen-bond acceptors (Lipinski definition) is 2. The van der Waals surface area contributed by atoms with E-state index in [9.17, 15) is 0 Å². The van der Waals surface area contributed by atoms with Crippen LogP contribution in [0.1, 0.15) is 0 Å². The molecule has 0 amide bonds. The zero-order valence-corrected chi connectivity index (χ0v) is 5.50. The molecule has 0 aliphatic rings. The summed E-state index contributed by atoms with van der Waals surface area (Å²) in [7, 11) is 0. The zero-order chi connectivity index (χ0) is 6.57. The Morgan fingerprint density at radius 1 is 1.62 bits per heavy atom. The van der Waals surface area contributed by atoms with Gasteiger partial charge >= 0.3 is 0 Å². The predicted molar refractivity (Wildman–Crippen MR) is 37.1 cm³/mol. The summed E-state index contributed by atoms with van der Waals surface area (Å²) in [5, 5.41) is 6.35. The van der Waals surface area contributed by atoms with Gasteiger partial charge in [-0.15, -0.1) is 0 Å². The highest BCUT2D eigenvalue weighted by atomic mass is 35.5. The van der Waals surface area contributed by atoms with Gasteiger partial charge in [0.2, 0.25) is 0 Å². The second kappa shape index (κ2) is 3.64. The fourth-order valence-electron chi connectivity index (χ4n) is 0.137. The van der Waals surface area contributed by atoms with Gasteiger partial charge in [0.05, 0.1) is 0 Å². The Kier molecular flexibility index (Phi) is 3.48. The molecular weight excluding hydrogens is 147 g/mol. The highest BCUT2D eigenvalue weighted by Gasteiger charge is 1.94. The molecule has 4 heteroatoms. The number of nitrogens with one attached hydrogen (secondary N) is 1. The third kappa shape index (κ3) is 2.77. The smallest absolute Gasteiger partial charge is 0.165 e. The number of nitrogens with zero attached hydrogens (tertiary/aromatic N) is 1. The maximum Gasteiger partial charge on any atom is 0.165 e. The van der Waals surface area contributed by atoms with Gasteiger partial charge in [0.1, 0.15) is 0 Å². The molecule has 0 aliphatic heterocycles. The van der Waals surface area contributed by atoms with E-state index < -0.39 is 0 Å².